The van der Waals surface area contributed by atoms with Gasteiger partial charge in [-0.3, -0.25) is 0 Å². The van der Waals surface area contributed by atoms with Crippen LogP contribution in [-0.4, -0.2) is 6.04 Å². The normalized spacial score (nSPS) is 32.5. The number of rotatable bonds is 4. The summed E-state index contributed by atoms with van der Waals surface area (Å²) in [5, 5.41) is 0. The molecule has 0 aromatic heterocycles. The standard InChI is InChI=1S/C10H21N/c1-4-8-5-9(8)6-10(11)7(2)3/h7-10H,4-6,11H2,1-3H3. The number of hydrogen-bond acceptors (Lipinski definition) is 1. The molecule has 0 spiro atoms. The van der Waals surface area contributed by atoms with Crippen LogP contribution in [0.1, 0.15) is 40.0 Å². The minimum atomic E-state index is 0.441. The molecule has 2 N–H and O–H groups in total. The zero-order chi connectivity index (χ0) is 8.43. The van der Waals surface area contributed by atoms with Gasteiger partial charge >= 0.3 is 0 Å². The summed E-state index contributed by atoms with van der Waals surface area (Å²) in [4.78, 5) is 0. The van der Waals surface area contributed by atoms with Crippen LogP contribution in [0.3, 0.4) is 0 Å². The molecule has 0 aromatic rings. The lowest BCUT2D eigenvalue weighted by Gasteiger charge is -2.14. The first-order valence-corrected chi connectivity index (χ1v) is 4.90. The molecule has 0 heterocycles. The van der Waals surface area contributed by atoms with Crippen molar-refractivity contribution >= 4 is 0 Å². The SMILES string of the molecule is CCC1CC1CC(N)C(C)C. The second kappa shape index (κ2) is 3.57. The van der Waals surface area contributed by atoms with Gasteiger partial charge in [-0.05, 0) is 30.6 Å². The summed E-state index contributed by atoms with van der Waals surface area (Å²) >= 11 is 0. The molecule has 66 valence electrons. The minimum absolute atomic E-state index is 0.441. The summed E-state index contributed by atoms with van der Waals surface area (Å²) < 4.78 is 0. The van der Waals surface area contributed by atoms with Gasteiger partial charge in [-0.1, -0.05) is 27.2 Å². The van der Waals surface area contributed by atoms with Crippen LogP contribution >= 0.6 is 0 Å². The van der Waals surface area contributed by atoms with E-state index in [2.05, 4.69) is 20.8 Å². The van der Waals surface area contributed by atoms with Crippen LogP contribution in [0.25, 0.3) is 0 Å². The van der Waals surface area contributed by atoms with Gasteiger partial charge in [-0.2, -0.15) is 0 Å². The Hall–Kier alpha value is -0.0400. The fourth-order valence-corrected chi connectivity index (χ4v) is 1.72. The van der Waals surface area contributed by atoms with Crippen LogP contribution < -0.4 is 5.73 Å². The second-order valence-electron chi connectivity index (χ2n) is 4.31. The molecule has 1 saturated carbocycles. The first-order chi connectivity index (χ1) is 5.15. The Morgan fingerprint density at radius 2 is 2.00 bits per heavy atom. The second-order valence-corrected chi connectivity index (χ2v) is 4.31. The lowest BCUT2D eigenvalue weighted by Crippen LogP contribution is -2.26. The molecule has 0 aliphatic heterocycles. The van der Waals surface area contributed by atoms with Crippen LogP contribution in [0.5, 0.6) is 0 Å². The third-order valence-electron chi connectivity index (χ3n) is 3.02. The largest absolute Gasteiger partial charge is 0.327 e. The van der Waals surface area contributed by atoms with Crippen LogP contribution in [0.15, 0.2) is 0 Å². The van der Waals surface area contributed by atoms with Crippen molar-refractivity contribution in [2.24, 2.45) is 23.5 Å². The number of hydrogen-bond donors (Lipinski definition) is 1. The Kier molecular flexibility index (Phi) is 2.94. The molecular weight excluding hydrogens is 134 g/mol. The molecule has 0 amide bonds. The van der Waals surface area contributed by atoms with Crippen molar-refractivity contribution in [1.82, 2.24) is 0 Å². The number of nitrogens with two attached hydrogens (primary N) is 1. The van der Waals surface area contributed by atoms with Gasteiger partial charge in [0.2, 0.25) is 0 Å². The molecule has 3 unspecified atom stereocenters. The monoisotopic (exact) mass is 155 g/mol. The average Bonchev–Trinajstić information content (AvgIpc) is 2.67. The van der Waals surface area contributed by atoms with E-state index in [1.807, 2.05) is 0 Å². The Labute approximate surface area is 70.4 Å². The van der Waals surface area contributed by atoms with Gasteiger partial charge in [0, 0.05) is 6.04 Å². The third kappa shape index (κ3) is 2.48. The van der Waals surface area contributed by atoms with Gasteiger partial charge in [0.15, 0.2) is 0 Å². The summed E-state index contributed by atoms with van der Waals surface area (Å²) in [7, 11) is 0. The summed E-state index contributed by atoms with van der Waals surface area (Å²) in [6.45, 7) is 6.72. The van der Waals surface area contributed by atoms with Crippen molar-refractivity contribution in [2.45, 2.75) is 46.1 Å². The average molecular weight is 155 g/mol. The maximum absolute atomic E-state index is 5.97. The van der Waals surface area contributed by atoms with Crippen LogP contribution in [0.2, 0.25) is 0 Å². The molecule has 1 aliphatic carbocycles. The van der Waals surface area contributed by atoms with Crippen molar-refractivity contribution in [3.8, 4) is 0 Å². The predicted octanol–water partition coefficient (Wildman–Crippen LogP) is 2.41. The Morgan fingerprint density at radius 1 is 1.36 bits per heavy atom. The zero-order valence-electron chi connectivity index (χ0n) is 8.01. The van der Waals surface area contributed by atoms with Gasteiger partial charge < -0.3 is 5.73 Å². The van der Waals surface area contributed by atoms with Gasteiger partial charge in [0.05, 0.1) is 0 Å². The van der Waals surface area contributed by atoms with E-state index in [0.717, 1.165) is 11.8 Å². The van der Waals surface area contributed by atoms with Gasteiger partial charge in [0.1, 0.15) is 0 Å². The molecule has 3 atom stereocenters. The van der Waals surface area contributed by atoms with Gasteiger partial charge in [-0.25, -0.2) is 0 Å². The maximum Gasteiger partial charge on any atom is 0.00646 e. The molecule has 1 nitrogen and oxygen atoms in total. The third-order valence-corrected chi connectivity index (χ3v) is 3.02. The van der Waals surface area contributed by atoms with Crippen molar-refractivity contribution in [1.29, 1.82) is 0 Å². The molecule has 0 radical (unpaired) electrons. The summed E-state index contributed by atoms with van der Waals surface area (Å²) in [6, 6.07) is 0.441. The van der Waals surface area contributed by atoms with E-state index in [-0.39, 0.29) is 0 Å². The molecule has 0 saturated heterocycles. The lowest BCUT2D eigenvalue weighted by molar-refractivity contribution is 0.430. The Bertz CT molecular complexity index is 120. The van der Waals surface area contributed by atoms with E-state index in [4.69, 9.17) is 5.73 Å². The molecule has 0 aromatic carbocycles. The first-order valence-electron chi connectivity index (χ1n) is 4.90. The topological polar surface area (TPSA) is 26.0 Å². The van der Waals surface area contributed by atoms with Crippen LogP contribution in [0.4, 0.5) is 0 Å². The van der Waals surface area contributed by atoms with Crippen molar-refractivity contribution in [3.05, 3.63) is 0 Å². The van der Waals surface area contributed by atoms with Crippen molar-refractivity contribution in [3.63, 3.8) is 0 Å². The van der Waals surface area contributed by atoms with Gasteiger partial charge in [-0.15, -0.1) is 0 Å². The predicted molar refractivity (Wildman–Crippen MR) is 49.3 cm³/mol. The highest BCUT2D eigenvalue weighted by Crippen LogP contribution is 2.44. The fourth-order valence-electron chi connectivity index (χ4n) is 1.72. The minimum Gasteiger partial charge on any atom is -0.327 e. The van der Waals surface area contributed by atoms with Crippen LogP contribution in [0, 0.1) is 17.8 Å². The van der Waals surface area contributed by atoms with E-state index in [1.54, 1.807) is 0 Å². The van der Waals surface area contributed by atoms with E-state index in [0.29, 0.717) is 12.0 Å². The molecule has 1 fully saturated rings. The molecule has 1 heteroatoms. The Morgan fingerprint density at radius 3 is 2.36 bits per heavy atom. The quantitative estimate of drug-likeness (QED) is 0.663. The maximum atomic E-state index is 5.97. The van der Waals surface area contributed by atoms with E-state index >= 15 is 0 Å². The smallest absolute Gasteiger partial charge is 0.00646 e. The van der Waals surface area contributed by atoms with E-state index < -0.39 is 0 Å². The van der Waals surface area contributed by atoms with E-state index in [1.165, 1.54) is 19.3 Å². The molecule has 11 heavy (non-hydrogen) atoms. The molecular formula is C10H21N. The van der Waals surface area contributed by atoms with Gasteiger partial charge in [0.25, 0.3) is 0 Å². The molecule has 1 rings (SSSR count). The van der Waals surface area contributed by atoms with Crippen molar-refractivity contribution in [2.75, 3.05) is 0 Å². The van der Waals surface area contributed by atoms with Crippen LogP contribution in [-0.2, 0) is 0 Å². The lowest BCUT2D eigenvalue weighted by atomic mass is 9.98. The highest BCUT2D eigenvalue weighted by molar-refractivity contribution is 4.88. The summed E-state index contributed by atoms with van der Waals surface area (Å²) in [6.07, 6.45) is 4.06. The summed E-state index contributed by atoms with van der Waals surface area (Å²) in [5.74, 6) is 2.64. The van der Waals surface area contributed by atoms with Crippen molar-refractivity contribution < 1.29 is 0 Å². The fraction of sp³-hybridized carbons (Fsp3) is 1.00. The molecule has 1 aliphatic rings. The first kappa shape index (κ1) is 9.05. The Balaban J connectivity index is 2.13. The summed E-state index contributed by atoms with van der Waals surface area (Å²) in [5.41, 5.74) is 5.97. The highest BCUT2D eigenvalue weighted by atomic mass is 14.7. The zero-order valence-corrected chi connectivity index (χ0v) is 8.01. The van der Waals surface area contributed by atoms with E-state index in [9.17, 15) is 0 Å². The molecule has 0 bridgehead atoms. The highest BCUT2D eigenvalue weighted by Gasteiger charge is 2.36.